The second-order valence-electron chi connectivity index (χ2n) is 5.93. The lowest BCUT2D eigenvalue weighted by atomic mass is 9.98. The van der Waals surface area contributed by atoms with Crippen LogP contribution in [0.2, 0.25) is 0 Å². The Kier molecular flexibility index (Phi) is 5.17. The summed E-state index contributed by atoms with van der Waals surface area (Å²) in [5, 5.41) is 17.1. The Balaban J connectivity index is 1.61. The van der Waals surface area contributed by atoms with Crippen LogP contribution in [-0.4, -0.2) is 41.0 Å². The molecular weight excluding hydrogens is 356 g/mol. The van der Waals surface area contributed by atoms with E-state index < -0.39 is 11.9 Å². The second-order valence-corrected chi connectivity index (χ2v) is 6.94. The topological polar surface area (TPSA) is 130 Å². The maximum atomic E-state index is 12.3. The number of piperidine rings is 1. The number of ether oxygens (including phenoxy) is 1. The fourth-order valence-electron chi connectivity index (χ4n) is 2.68. The molecule has 3 rings (SSSR count). The van der Waals surface area contributed by atoms with Crippen molar-refractivity contribution in [3.05, 3.63) is 40.9 Å². The molecule has 0 radical (unpaired) electrons. The number of benzene rings is 1. The minimum atomic E-state index is -0.760. The number of nitrogens with zero attached hydrogens (tertiary/aromatic N) is 2. The molecule has 0 spiro atoms. The van der Waals surface area contributed by atoms with E-state index in [1.807, 2.05) is 4.90 Å². The number of thiazole rings is 1. The average Bonchev–Trinajstić information content (AvgIpc) is 3.12. The molecule has 1 aromatic carbocycles. The minimum Gasteiger partial charge on any atom is -0.481 e. The number of rotatable bonds is 5. The number of nitrogen functional groups attached to an aromatic ring is 1. The lowest BCUT2D eigenvalue weighted by molar-refractivity contribution is -0.142. The van der Waals surface area contributed by atoms with Gasteiger partial charge in [0.25, 0.3) is 0 Å². The van der Waals surface area contributed by atoms with Crippen molar-refractivity contribution in [2.45, 2.75) is 12.8 Å². The van der Waals surface area contributed by atoms with Crippen molar-refractivity contribution in [3.63, 3.8) is 0 Å². The molecule has 0 aliphatic carbocycles. The van der Waals surface area contributed by atoms with E-state index in [-0.39, 0.29) is 11.8 Å². The number of carboxylic acid groups (broad SMARTS) is 1. The van der Waals surface area contributed by atoms with Crippen LogP contribution in [0.4, 0.5) is 5.13 Å². The predicted molar refractivity (Wildman–Crippen MR) is 97.1 cm³/mol. The maximum absolute atomic E-state index is 12.3. The van der Waals surface area contributed by atoms with E-state index in [4.69, 9.17) is 21.0 Å². The Morgan fingerprint density at radius 3 is 2.50 bits per heavy atom. The average molecular weight is 374 g/mol. The van der Waals surface area contributed by atoms with Gasteiger partial charge in [0, 0.05) is 18.7 Å². The molecule has 2 heterocycles. The minimum absolute atomic E-state index is 0.0540. The molecule has 9 heteroatoms. The van der Waals surface area contributed by atoms with Crippen LogP contribution >= 0.6 is 11.3 Å². The zero-order valence-corrected chi connectivity index (χ0v) is 14.7. The molecule has 136 valence electrons. The molecule has 1 saturated heterocycles. The van der Waals surface area contributed by atoms with Gasteiger partial charge in [-0.25, -0.2) is 9.78 Å². The highest BCUT2D eigenvalue weighted by atomic mass is 32.1. The smallest absolute Gasteiger partial charge is 0.355 e. The van der Waals surface area contributed by atoms with E-state index in [2.05, 4.69) is 4.98 Å². The number of carboxylic acids is 1. The van der Waals surface area contributed by atoms with Crippen LogP contribution in [0.1, 0.15) is 28.1 Å². The highest BCUT2D eigenvalue weighted by molar-refractivity contribution is 7.17. The van der Waals surface area contributed by atoms with E-state index in [0.29, 0.717) is 47.3 Å². The molecule has 1 aliphatic heterocycles. The molecule has 4 N–H and O–H groups in total. The number of hydrogen-bond acceptors (Lipinski definition) is 7. The summed E-state index contributed by atoms with van der Waals surface area (Å²) in [7, 11) is 0. The molecule has 0 saturated carbocycles. The number of carbonyl (C=O) groups is 2. The van der Waals surface area contributed by atoms with Crippen molar-refractivity contribution in [1.82, 2.24) is 4.98 Å². The quantitative estimate of drug-likeness (QED) is 0.316. The van der Waals surface area contributed by atoms with Crippen molar-refractivity contribution in [2.24, 2.45) is 11.7 Å². The molecule has 0 bridgehead atoms. The second kappa shape index (κ2) is 7.52. The number of esters is 1. The molecule has 0 amide bonds. The van der Waals surface area contributed by atoms with Gasteiger partial charge in [0.2, 0.25) is 0 Å². The summed E-state index contributed by atoms with van der Waals surface area (Å²) >= 11 is 1.22. The Morgan fingerprint density at radius 2 is 1.92 bits per heavy atom. The van der Waals surface area contributed by atoms with Gasteiger partial charge in [0.05, 0.1) is 12.1 Å². The first-order valence-corrected chi connectivity index (χ1v) is 8.86. The molecular formula is C17H18N4O4S. The number of hydrogen-bond donors (Lipinski definition) is 3. The van der Waals surface area contributed by atoms with Crippen LogP contribution in [0, 0.1) is 11.3 Å². The summed E-state index contributed by atoms with van der Waals surface area (Å²) < 4.78 is 5.31. The third kappa shape index (κ3) is 3.99. The Bertz CT molecular complexity index is 826. The van der Waals surface area contributed by atoms with Crippen molar-refractivity contribution >= 4 is 34.2 Å². The number of nitrogens with one attached hydrogen (secondary N) is 1. The number of aliphatic carboxylic acids is 1. The number of nitrogens with two attached hydrogens (primary N) is 1. The van der Waals surface area contributed by atoms with Crippen LogP contribution < -0.4 is 15.4 Å². The van der Waals surface area contributed by atoms with Crippen molar-refractivity contribution < 1.29 is 19.4 Å². The van der Waals surface area contributed by atoms with Gasteiger partial charge in [-0.3, -0.25) is 10.2 Å². The molecule has 8 nitrogen and oxygen atoms in total. The van der Waals surface area contributed by atoms with Crippen LogP contribution in [0.15, 0.2) is 30.5 Å². The highest BCUT2D eigenvalue weighted by Crippen LogP contribution is 2.28. The lowest BCUT2D eigenvalue weighted by Crippen LogP contribution is -2.36. The van der Waals surface area contributed by atoms with E-state index in [9.17, 15) is 9.59 Å². The maximum Gasteiger partial charge on any atom is 0.355 e. The largest absolute Gasteiger partial charge is 0.481 e. The van der Waals surface area contributed by atoms with Crippen molar-refractivity contribution in [3.8, 4) is 5.75 Å². The van der Waals surface area contributed by atoms with Crippen LogP contribution in [0.25, 0.3) is 0 Å². The summed E-state index contributed by atoms with van der Waals surface area (Å²) in [6.07, 6.45) is 2.60. The summed E-state index contributed by atoms with van der Waals surface area (Å²) in [5.41, 5.74) is 5.94. The van der Waals surface area contributed by atoms with Gasteiger partial charge in [-0.05, 0) is 37.1 Å². The third-order valence-electron chi connectivity index (χ3n) is 4.19. The SMILES string of the molecule is N=C(N)c1ccc(OC(=O)c2cnc(N3CCC(C(=O)O)CC3)s2)cc1. The van der Waals surface area contributed by atoms with E-state index in [1.165, 1.54) is 17.5 Å². The fourth-order valence-corrected chi connectivity index (χ4v) is 3.53. The molecule has 2 aromatic rings. The van der Waals surface area contributed by atoms with Gasteiger partial charge in [-0.1, -0.05) is 11.3 Å². The Morgan fingerprint density at radius 1 is 1.27 bits per heavy atom. The van der Waals surface area contributed by atoms with Gasteiger partial charge in [-0.2, -0.15) is 0 Å². The molecule has 0 atom stereocenters. The number of amidine groups is 1. The van der Waals surface area contributed by atoms with Gasteiger partial charge >= 0.3 is 11.9 Å². The number of carbonyl (C=O) groups excluding carboxylic acids is 1. The zero-order chi connectivity index (χ0) is 18.7. The first kappa shape index (κ1) is 17.9. The van der Waals surface area contributed by atoms with Crippen LogP contribution in [0.5, 0.6) is 5.75 Å². The molecule has 1 fully saturated rings. The van der Waals surface area contributed by atoms with Crippen molar-refractivity contribution in [1.29, 1.82) is 5.41 Å². The van der Waals surface area contributed by atoms with Crippen LogP contribution in [-0.2, 0) is 4.79 Å². The monoisotopic (exact) mass is 374 g/mol. The molecule has 26 heavy (non-hydrogen) atoms. The summed E-state index contributed by atoms with van der Waals surface area (Å²) in [6, 6.07) is 6.37. The first-order chi connectivity index (χ1) is 12.4. The Hall–Kier alpha value is -2.94. The predicted octanol–water partition coefficient (Wildman–Crippen LogP) is 1.95. The standard InChI is InChI=1S/C17H18N4O4S/c18-14(19)10-1-3-12(4-2-10)25-16(24)13-9-20-17(26-13)21-7-5-11(6-8-21)15(22)23/h1-4,9,11H,5-8H2,(H3,18,19)(H,22,23). The lowest BCUT2D eigenvalue weighted by Gasteiger charge is -2.29. The normalized spacial score (nSPS) is 14.8. The third-order valence-corrected chi connectivity index (χ3v) is 5.22. The number of aromatic nitrogens is 1. The molecule has 0 unspecified atom stereocenters. The Labute approximate surface area is 153 Å². The van der Waals surface area contributed by atoms with Gasteiger partial charge in [0.1, 0.15) is 16.5 Å². The van der Waals surface area contributed by atoms with E-state index in [1.54, 1.807) is 24.3 Å². The zero-order valence-electron chi connectivity index (χ0n) is 13.8. The summed E-state index contributed by atoms with van der Waals surface area (Å²) in [4.78, 5) is 29.9. The van der Waals surface area contributed by atoms with Crippen molar-refractivity contribution in [2.75, 3.05) is 18.0 Å². The van der Waals surface area contributed by atoms with E-state index >= 15 is 0 Å². The van der Waals surface area contributed by atoms with Gasteiger partial charge in [-0.15, -0.1) is 0 Å². The van der Waals surface area contributed by atoms with Gasteiger partial charge in [0.15, 0.2) is 5.13 Å². The molecule has 1 aliphatic rings. The van der Waals surface area contributed by atoms with Gasteiger partial charge < -0.3 is 20.5 Å². The fraction of sp³-hybridized carbons (Fsp3) is 0.294. The summed E-state index contributed by atoms with van der Waals surface area (Å²) in [6.45, 7) is 1.21. The summed E-state index contributed by atoms with van der Waals surface area (Å²) in [5.74, 6) is -1.28. The number of anilines is 1. The first-order valence-electron chi connectivity index (χ1n) is 8.04. The van der Waals surface area contributed by atoms with Crippen LogP contribution in [0.3, 0.4) is 0 Å². The van der Waals surface area contributed by atoms with E-state index in [0.717, 1.165) is 0 Å². The molecule has 1 aromatic heterocycles. The highest BCUT2D eigenvalue weighted by Gasteiger charge is 2.26.